The van der Waals surface area contributed by atoms with Crippen molar-refractivity contribution < 1.29 is 14.7 Å². The average molecular weight is 230 g/mol. The normalized spacial score (nSPS) is 14.9. The predicted octanol–water partition coefficient (Wildman–Crippen LogP) is 0.585. The number of hydrogen-bond donors (Lipinski definition) is 3. The predicted molar refractivity (Wildman–Crippen MR) is 61.8 cm³/mol. The first-order chi connectivity index (χ1) is 7.25. The van der Waals surface area contributed by atoms with Crippen LogP contribution in [0.5, 0.6) is 0 Å². The van der Waals surface area contributed by atoms with Crippen molar-refractivity contribution in [2.45, 2.75) is 46.2 Å². The monoisotopic (exact) mass is 230 g/mol. The standard InChI is InChI=1S/C11H22N2O3/c1-6(2)8(5-9(14)15)13-11(16)10(12)7(3)4/h6-8,10H,5,12H2,1-4H3,(H,13,16)(H,14,15)/t8?,10-/m0/s1. The number of carboxylic acid groups (broad SMARTS) is 1. The number of amides is 1. The molecular formula is C11H22N2O3. The minimum Gasteiger partial charge on any atom is -0.481 e. The van der Waals surface area contributed by atoms with Gasteiger partial charge in [-0.3, -0.25) is 9.59 Å². The molecule has 0 rings (SSSR count). The SMILES string of the molecule is CC(C)C(CC(=O)O)NC(=O)[C@@H](N)C(C)C. The van der Waals surface area contributed by atoms with Crippen molar-refractivity contribution in [1.29, 1.82) is 0 Å². The largest absolute Gasteiger partial charge is 0.481 e. The molecule has 0 saturated heterocycles. The van der Waals surface area contributed by atoms with Crippen LogP contribution in [0.2, 0.25) is 0 Å². The van der Waals surface area contributed by atoms with Crippen LogP contribution >= 0.6 is 0 Å². The molecule has 5 nitrogen and oxygen atoms in total. The Kier molecular flexibility index (Phi) is 6.03. The fourth-order valence-electron chi connectivity index (χ4n) is 1.22. The topological polar surface area (TPSA) is 92.4 Å². The lowest BCUT2D eigenvalue weighted by Crippen LogP contribution is -2.49. The molecule has 0 aromatic carbocycles. The molecule has 1 amide bonds. The van der Waals surface area contributed by atoms with Gasteiger partial charge in [0.25, 0.3) is 0 Å². The van der Waals surface area contributed by atoms with Crippen molar-refractivity contribution in [3.05, 3.63) is 0 Å². The van der Waals surface area contributed by atoms with Crippen molar-refractivity contribution in [3.8, 4) is 0 Å². The van der Waals surface area contributed by atoms with Crippen LogP contribution in [0.4, 0.5) is 0 Å². The molecule has 4 N–H and O–H groups in total. The highest BCUT2D eigenvalue weighted by molar-refractivity contribution is 5.82. The van der Waals surface area contributed by atoms with Crippen LogP contribution < -0.4 is 11.1 Å². The first-order valence-electron chi connectivity index (χ1n) is 5.53. The molecule has 2 atom stereocenters. The first-order valence-corrected chi connectivity index (χ1v) is 5.53. The van der Waals surface area contributed by atoms with Crippen molar-refractivity contribution in [2.24, 2.45) is 17.6 Å². The molecule has 0 aliphatic carbocycles. The Morgan fingerprint density at radius 3 is 2.00 bits per heavy atom. The molecule has 0 heterocycles. The molecule has 16 heavy (non-hydrogen) atoms. The minimum atomic E-state index is -0.919. The van der Waals surface area contributed by atoms with E-state index in [-0.39, 0.29) is 30.2 Å². The molecule has 5 heteroatoms. The number of aliphatic carboxylic acids is 1. The number of carboxylic acids is 1. The van der Waals surface area contributed by atoms with Crippen LogP contribution in [0.1, 0.15) is 34.1 Å². The zero-order chi connectivity index (χ0) is 12.9. The van der Waals surface area contributed by atoms with Crippen molar-refractivity contribution in [3.63, 3.8) is 0 Å². The smallest absolute Gasteiger partial charge is 0.305 e. The molecule has 0 bridgehead atoms. The summed E-state index contributed by atoms with van der Waals surface area (Å²) in [5, 5.41) is 11.4. The van der Waals surface area contributed by atoms with E-state index >= 15 is 0 Å². The van der Waals surface area contributed by atoms with Crippen LogP contribution in [0, 0.1) is 11.8 Å². The second-order valence-electron chi connectivity index (χ2n) is 4.73. The summed E-state index contributed by atoms with van der Waals surface area (Å²) < 4.78 is 0. The molecule has 0 spiro atoms. The average Bonchev–Trinajstić information content (AvgIpc) is 2.14. The zero-order valence-electron chi connectivity index (χ0n) is 10.4. The highest BCUT2D eigenvalue weighted by atomic mass is 16.4. The summed E-state index contributed by atoms with van der Waals surface area (Å²) in [6.45, 7) is 7.45. The van der Waals surface area contributed by atoms with E-state index in [2.05, 4.69) is 5.32 Å². The Morgan fingerprint density at radius 2 is 1.69 bits per heavy atom. The Balaban J connectivity index is 4.40. The third-order valence-electron chi connectivity index (χ3n) is 2.55. The lowest BCUT2D eigenvalue weighted by Gasteiger charge is -2.24. The number of carbonyl (C=O) groups excluding carboxylic acids is 1. The van der Waals surface area contributed by atoms with Gasteiger partial charge in [-0.2, -0.15) is 0 Å². The van der Waals surface area contributed by atoms with E-state index in [4.69, 9.17) is 10.8 Å². The number of nitrogens with one attached hydrogen (secondary N) is 1. The maximum absolute atomic E-state index is 11.7. The van der Waals surface area contributed by atoms with Crippen LogP contribution in [-0.4, -0.2) is 29.1 Å². The highest BCUT2D eigenvalue weighted by Gasteiger charge is 2.23. The van der Waals surface area contributed by atoms with Gasteiger partial charge in [-0.15, -0.1) is 0 Å². The molecule has 0 aromatic rings. The van der Waals surface area contributed by atoms with Crippen LogP contribution in [0.25, 0.3) is 0 Å². The molecule has 0 radical (unpaired) electrons. The highest BCUT2D eigenvalue weighted by Crippen LogP contribution is 2.07. The molecule has 0 aliphatic rings. The van der Waals surface area contributed by atoms with Gasteiger partial charge in [-0.05, 0) is 11.8 Å². The Morgan fingerprint density at radius 1 is 1.19 bits per heavy atom. The maximum atomic E-state index is 11.7. The fourth-order valence-corrected chi connectivity index (χ4v) is 1.22. The third kappa shape index (κ3) is 5.11. The van der Waals surface area contributed by atoms with E-state index in [9.17, 15) is 9.59 Å². The summed E-state index contributed by atoms with van der Waals surface area (Å²) in [6.07, 6.45) is -0.0752. The van der Waals surface area contributed by atoms with Gasteiger partial charge >= 0.3 is 5.97 Å². The van der Waals surface area contributed by atoms with Crippen LogP contribution in [0.3, 0.4) is 0 Å². The molecule has 0 aliphatic heterocycles. The molecule has 0 fully saturated rings. The molecular weight excluding hydrogens is 208 g/mol. The van der Waals surface area contributed by atoms with Gasteiger partial charge in [0.1, 0.15) is 0 Å². The van der Waals surface area contributed by atoms with E-state index in [1.165, 1.54) is 0 Å². The van der Waals surface area contributed by atoms with Gasteiger partial charge in [0.15, 0.2) is 0 Å². The van der Waals surface area contributed by atoms with E-state index in [1.807, 2.05) is 27.7 Å². The quantitative estimate of drug-likeness (QED) is 0.622. The van der Waals surface area contributed by atoms with E-state index in [1.54, 1.807) is 0 Å². The lowest BCUT2D eigenvalue weighted by atomic mass is 9.99. The summed E-state index contributed by atoms with van der Waals surface area (Å²) in [7, 11) is 0. The minimum absolute atomic E-state index is 0.0395. The fraction of sp³-hybridized carbons (Fsp3) is 0.818. The third-order valence-corrected chi connectivity index (χ3v) is 2.55. The van der Waals surface area contributed by atoms with Crippen LogP contribution in [-0.2, 0) is 9.59 Å². The Bertz CT molecular complexity index is 252. The number of carbonyl (C=O) groups is 2. The molecule has 0 aromatic heterocycles. The van der Waals surface area contributed by atoms with E-state index in [0.717, 1.165) is 0 Å². The summed E-state index contributed by atoms with van der Waals surface area (Å²) in [4.78, 5) is 22.3. The second kappa shape index (κ2) is 6.48. The van der Waals surface area contributed by atoms with Crippen molar-refractivity contribution in [1.82, 2.24) is 5.32 Å². The zero-order valence-corrected chi connectivity index (χ0v) is 10.4. The van der Waals surface area contributed by atoms with Crippen molar-refractivity contribution in [2.75, 3.05) is 0 Å². The van der Waals surface area contributed by atoms with Gasteiger partial charge in [-0.25, -0.2) is 0 Å². The van der Waals surface area contributed by atoms with Crippen LogP contribution in [0.15, 0.2) is 0 Å². The second-order valence-corrected chi connectivity index (χ2v) is 4.73. The van der Waals surface area contributed by atoms with E-state index in [0.29, 0.717) is 0 Å². The van der Waals surface area contributed by atoms with Gasteiger partial charge in [0, 0.05) is 6.04 Å². The summed E-state index contributed by atoms with van der Waals surface area (Å²) in [6, 6.07) is -0.954. The maximum Gasteiger partial charge on any atom is 0.305 e. The van der Waals surface area contributed by atoms with Gasteiger partial charge in [-0.1, -0.05) is 27.7 Å². The summed E-state index contributed by atoms with van der Waals surface area (Å²) in [5.41, 5.74) is 5.68. The first kappa shape index (κ1) is 14.9. The number of nitrogens with two attached hydrogens (primary N) is 1. The van der Waals surface area contributed by atoms with Gasteiger partial charge in [0.2, 0.25) is 5.91 Å². The van der Waals surface area contributed by atoms with Crippen molar-refractivity contribution >= 4 is 11.9 Å². The Hall–Kier alpha value is -1.10. The summed E-state index contributed by atoms with van der Waals surface area (Å²) in [5.74, 6) is -1.09. The van der Waals surface area contributed by atoms with E-state index < -0.39 is 12.0 Å². The number of rotatable bonds is 6. The Labute approximate surface area is 96.4 Å². The van der Waals surface area contributed by atoms with Gasteiger partial charge in [0.05, 0.1) is 12.5 Å². The molecule has 94 valence electrons. The lowest BCUT2D eigenvalue weighted by molar-refractivity contribution is -0.138. The number of hydrogen-bond acceptors (Lipinski definition) is 3. The molecule has 1 unspecified atom stereocenters. The van der Waals surface area contributed by atoms with Gasteiger partial charge < -0.3 is 16.2 Å². The summed E-state index contributed by atoms with van der Waals surface area (Å²) >= 11 is 0. The molecule has 0 saturated carbocycles.